The van der Waals surface area contributed by atoms with Crippen molar-refractivity contribution in [2.24, 2.45) is 11.8 Å². The Morgan fingerprint density at radius 1 is 1.00 bits per heavy atom. The van der Waals surface area contributed by atoms with E-state index in [1.165, 1.54) is 24.8 Å². The molecule has 5 nitrogen and oxygen atoms in total. The molecule has 0 bridgehead atoms. The summed E-state index contributed by atoms with van der Waals surface area (Å²) in [5, 5.41) is 10.3. The van der Waals surface area contributed by atoms with E-state index >= 15 is 0 Å². The maximum Gasteiger partial charge on any atom is 0.362 e. The standard InChI is InChI=1S/C35H58O5Si2/c1-28-19-17-24-31(27-28)38-26-16-14-21-30-23-18-22-29(30)20-13-12-15-25-35(32(36)37,39-41(8,9)33(2,3)4)40-42(10,11)34(5,6)7/h13-15,17,19,21,24,27,29-30H,16,18,20,22-23,25-26H2,1-11H3,(H,36,37)/b21-14+/t12?,29-,30-/m0/s1. The van der Waals surface area contributed by atoms with Crippen molar-refractivity contribution in [3.05, 3.63) is 59.9 Å². The van der Waals surface area contributed by atoms with Gasteiger partial charge in [0.2, 0.25) is 0 Å². The van der Waals surface area contributed by atoms with E-state index in [9.17, 15) is 9.90 Å². The van der Waals surface area contributed by atoms with E-state index in [2.05, 4.69) is 111 Å². The van der Waals surface area contributed by atoms with Gasteiger partial charge in [0.25, 0.3) is 5.79 Å². The summed E-state index contributed by atoms with van der Waals surface area (Å²) >= 11 is 0. The van der Waals surface area contributed by atoms with Crippen molar-refractivity contribution in [1.82, 2.24) is 0 Å². The number of hydrogen-bond acceptors (Lipinski definition) is 4. The normalized spacial score (nSPS) is 18.6. The van der Waals surface area contributed by atoms with Gasteiger partial charge in [0, 0.05) is 6.42 Å². The molecule has 1 aromatic carbocycles. The second-order valence-electron chi connectivity index (χ2n) is 15.0. The lowest BCUT2D eigenvalue weighted by atomic mass is 9.92. The highest BCUT2D eigenvalue weighted by molar-refractivity contribution is 6.75. The molecule has 7 heteroatoms. The maximum absolute atomic E-state index is 12.9. The van der Waals surface area contributed by atoms with E-state index in [0.29, 0.717) is 18.4 Å². The minimum atomic E-state index is -2.46. The maximum atomic E-state index is 12.9. The molecule has 0 saturated heterocycles. The summed E-state index contributed by atoms with van der Waals surface area (Å²) in [5.74, 6) is -0.704. The highest BCUT2D eigenvalue weighted by Crippen LogP contribution is 2.45. The lowest BCUT2D eigenvalue weighted by molar-refractivity contribution is -0.191. The van der Waals surface area contributed by atoms with E-state index in [1.807, 2.05) is 18.2 Å². The topological polar surface area (TPSA) is 65.0 Å². The summed E-state index contributed by atoms with van der Waals surface area (Å²) in [6.07, 6.45) is 14.1. The van der Waals surface area contributed by atoms with Crippen molar-refractivity contribution in [3.8, 4) is 5.75 Å². The molecule has 0 aromatic heterocycles. The predicted octanol–water partition coefficient (Wildman–Crippen LogP) is 10.1. The van der Waals surface area contributed by atoms with Crippen LogP contribution >= 0.6 is 0 Å². The van der Waals surface area contributed by atoms with Crippen molar-refractivity contribution in [2.75, 3.05) is 6.61 Å². The molecule has 2 atom stereocenters. The van der Waals surface area contributed by atoms with E-state index in [1.54, 1.807) is 0 Å². The first kappa shape index (κ1) is 36.3. The van der Waals surface area contributed by atoms with Crippen molar-refractivity contribution < 1.29 is 23.5 Å². The summed E-state index contributed by atoms with van der Waals surface area (Å²) in [4.78, 5) is 12.9. The summed E-state index contributed by atoms with van der Waals surface area (Å²) in [6.45, 7) is 23.8. The number of rotatable bonds is 14. The summed E-state index contributed by atoms with van der Waals surface area (Å²) in [6, 6.07) is 8.17. The second-order valence-corrected chi connectivity index (χ2v) is 24.5. The fraction of sp³-hybridized carbons (Fsp3) is 0.657. The van der Waals surface area contributed by atoms with Gasteiger partial charge < -0.3 is 18.7 Å². The lowest BCUT2D eigenvalue weighted by Gasteiger charge is -2.48. The smallest absolute Gasteiger partial charge is 0.362 e. The van der Waals surface area contributed by atoms with Gasteiger partial charge in [-0.2, -0.15) is 0 Å². The Hall–Kier alpha value is -1.90. The number of carbonyl (C=O) groups is 1. The van der Waals surface area contributed by atoms with E-state index < -0.39 is 28.4 Å². The molecule has 1 N–H and O–H groups in total. The molecule has 1 aliphatic rings. The van der Waals surface area contributed by atoms with Gasteiger partial charge in [-0.15, -0.1) is 5.73 Å². The molecule has 236 valence electrons. The molecule has 2 rings (SSSR count). The predicted molar refractivity (Wildman–Crippen MR) is 180 cm³/mol. The van der Waals surface area contributed by atoms with Gasteiger partial charge in [0.05, 0.1) is 6.61 Å². The van der Waals surface area contributed by atoms with Gasteiger partial charge >= 0.3 is 5.97 Å². The first-order chi connectivity index (χ1) is 19.3. The second kappa shape index (κ2) is 14.7. The van der Waals surface area contributed by atoms with Gasteiger partial charge in [-0.1, -0.05) is 72.2 Å². The number of hydrogen-bond donors (Lipinski definition) is 1. The van der Waals surface area contributed by atoms with Gasteiger partial charge in [0.15, 0.2) is 16.6 Å². The third-order valence-corrected chi connectivity index (χ3v) is 18.4. The zero-order valence-electron chi connectivity index (χ0n) is 28.3. The van der Waals surface area contributed by atoms with Crippen LogP contribution in [0.1, 0.15) is 85.6 Å². The van der Waals surface area contributed by atoms with Gasteiger partial charge in [-0.05, 0) is 111 Å². The Balaban J connectivity index is 2.09. The van der Waals surface area contributed by atoms with Crippen LogP contribution in [-0.2, 0) is 13.6 Å². The number of carboxylic acids is 1. The first-order valence-electron chi connectivity index (χ1n) is 15.7. The van der Waals surface area contributed by atoms with Crippen LogP contribution in [0.4, 0.5) is 0 Å². The van der Waals surface area contributed by atoms with Crippen LogP contribution < -0.4 is 4.74 Å². The first-order valence-corrected chi connectivity index (χ1v) is 21.5. The Bertz CT molecular complexity index is 1090. The van der Waals surface area contributed by atoms with Crippen molar-refractivity contribution in [1.29, 1.82) is 0 Å². The Morgan fingerprint density at radius 3 is 2.17 bits per heavy atom. The molecule has 0 amide bonds. The van der Waals surface area contributed by atoms with Crippen LogP contribution in [0.3, 0.4) is 0 Å². The molecule has 1 fully saturated rings. The molecule has 0 heterocycles. The summed E-state index contributed by atoms with van der Waals surface area (Å²) in [7, 11) is -4.92. The van der Waals surface area contributed by atoms with E-state index in [4.69, 9.17) is 13.6 Å². The molecule has 42 heavy (non-hydrogen) atoms. The number of ether oxygens (including phenoxy) is 1. The fourth-order valence-corrected chi connectivity index (χ4v) is 7.51. The average molecular weight is 615 g/mol. The van der Waals surface area contributed by atoms with Crippen LogP contribution in [0, 0.1) is 18.8 Å². The van der Waals surface area contributed by atoms with Gasteiger partial charge in [-0.25, -0.2) is 4.79 Å². The van der Waals surface area contributed by atoms with Crippen molar-refractivity contribution in [3.63, 3.8) is 0 Å². The highest BCUT2D eigenvalue weighted by Gasteiger charge is 2.54. The molecular formula is C35H58O5Si2. The van der Waals surface area contributed by atoms with Crippen LogP contribution in [0.15, 0.2) is 54.3 Å². The lowest BCUT2D eigenvalue weighted by Crippen LogP contribution is -2.60. The Kier molecular flexibility index (Phi) is 12.7. The van der Waals surface area contributed by atoms with E-state index in [0.717, 1.165) is 18.6 Å². The van der Waals surface area contributed by atoms with Crippen LogP contribution in [-0.4, -0.2) is 40.1 Å². The third kappa shape index (κ3) is 10.4. The molecular weight excluding hydrogens is 557 g/mol. The number of carboxylic acid groups (broad SMARTS) is 1. The molecule has 0 spiro atoms. The quantitative estimate of drug-likeness (QED) is 0.0743. The average Bonchev–Trinajstić information content (AvgIpc) is 3.28. The number of allylic oxidation sites excluding steroid dienone is 1. The largest absolute Gasteiger partial charge is 0.493 e. The van der Waals surface area contributed by atoms with Gasteiger partial charge in [-0.3, -0.25) is 0 Å². The molecule has 1 saturated carbocycles. The number of aryl methyl sites for hydroxylation is 1. The van der Waals surface area contributed by atoms with Gasteiger partial charge in [0.1, 0.15) is 5.75 Å². The molecule has 0 radical (unpaired) electrons. The van der Waals surface area contributed by atoms with Crippen LogP contribution in [0.25, 0.3) is 0 Å². The number of benzene rings is 1. The van der Waals surface area contributed by atoms with Crippen LogP contribution in [0.2, 0.25) is 36.3 Å². The highest BCUT2D eigenvalue weighted by atomic mass is 28.4. The summed E-state index contributed by atoms with van der Waals surface area (Å²) in [5.41, 5.74) is 4.51. The third-order valence-electron chi connectivity index (χ3n) is 9.45. The molecule has 0 aliphatic heterocycles. The minimum Gasteiger partial charge on any atom is -0.493 e. The molecule has 1 aliphatic carbocycles. The SMILES string of the molecule is Cc1cccc(OCC/C=C/[C@H]2CCC[C@@H]2CC=C=CCC(O[Si](C)(C)C(C)(C)C)(O[Si](C)(C)C(C)(C)C)C(=O)O)c1. The monoisotopic (exact) mass is 614 g/mol. The fourth-order valence-electron chi connectivity index (χ4n) is 4.74. The molecule has 1 aromatic rings. The van der Waals surface area contributed by atoms with Crippen LogP contribution in [0.5, 0.6) is 5.75 Å². The summed E-state index contributed by atoms with van der Waals surface area (Å²) < 4.78 is 19.1. The van der Waals surface area contributed by atoms with E-state index in [-0.39, 0.29) is 16.5 Å². The molecule has 0 unspecified atom stereocenters. The number of aliphatic carboxylic acids is 1. The Labute approximate surface area is 258 Å². The zero-order chi connectivity index (χ0) is 31.8. The minimum absolute atomic E-state index is 0.132. The Morgan fingerprint density at radius 2 is 1.62 bits per heavy atom. The van der Waals surface area contributed by atoms with Crippen molar-refractivity contribution >= 4 is 22.6 Å². The van der Waals surface area contributed by atoms with Crippen molar-refractivity contribution in [2.45, 2.75) is 129 Å². The zero-order valence-corrected chi connectivity index (χ0v) is 30.3.